The smallest absolute Gasteiger partial charge is 0.418 e. The van der Waals surface area contributed by atoms with Crippen LogP contribution < -0.4 is 9.47 Å². The van der Waals surface area contributed by atoms with E-state index in [0.29, 0.717) is 11.5 Å². The summed E-state index contributed by atoms with van der Waals surface area (Å²) in [5, 5.41) is 0. The number of esters is 2. The number of aryl methyl sites for hydroxylation is 2. The van der Waals surface area contributed by atoms with Crippen LogP contribution in [-0.4, -0.2) is 11.9 Å². The van der Waals surface area contributed by atoms with Crippen molar-refractivity contribution in [1.82, 2.24) is 0 Å². The minimum absolute atomic E-state index is 0.443. The summed E-state index contributed by atoms with van der Waals surface area (Å²) in [6.45, 7) is 4.42. The van der Waals surface area contributed by atoms with Crippen molar-refractivity contribution in [3.05, 3.63) is 59.7 Å². The molecule has 0 spiro atoms. The number of rotatable bonds is 16. The molecule has 186 valence electrons. The van der Waals surface area contributed by atoms with Crippen molar-refractivity contribution in [2.75, 3.05) is 0 Å². The molecular weight excluding hydrogens is 424 g/mol. The number of carbonyl (C=O) groups excluding carboxylic acids is 2. The molecule has 4 heteroatoms. The zero-order valence-electron chi connectivity index (χ0n) is 21.2. The third-order valence-electron chi connectivity index (χ3n) is 6.12. The third kappa shape index (κ3) is 10.5. The topological polar surface area (TPSA) is 52.6 Å². The standard InChI is InChI=1S/C30H42O4/c1-3-5-7-9-11-13-19-25-21-15-17-23-27(25)33-29(31)30(32)34-28-24-18-16-22-26(28)20-14-12-10-8-6-4-2/h15-18,21-24H,3-14,19-20H2,1-2H3. The van der Waals surface area contributed by atoms with Gasteiger partial charge in [-0.05, 0) is 48.9 Å². The van der Waals surface area contributed by atoms with E-state index < -0.39 is 11.9 Å². The highest BCUT2D eigenvalue weighted by atomic mass is 16.6. The highest BCUT2D eigenvalue weighted by Crippen LogP contribution is 2.23. The fourth-order valence-electron chi connectivity index (χ4n) is 4.09. The molecule has 0 heterocycles. The summed E-state index contributed by atoms with van der Waals surface area (Å²) in [6.07, 6.45) is 16.0. The number of benzene rings is 2. The van der Waals surface area contributed by atoms with Crippen LogP contribution in [0.15, 0.2) is 48.5 Å². The Hall–Kier alpha value is -2.62. The molecule has 0 N–H and O–H groups in total. The second-order valence-corrected chi connectivity index (χ2v) is 9.03. The van der Waals surface area contributed by atoms with Gasteiger partial charge in [0.25, 0.3) is 0 Å². The Kier molecular flexibility index (Phi) is 13.7. The van der Waals surface area contributed by atoms with Gasteiger partial charge in [-0.25, -0.2) is 9.59 Å². The lowest BCUT2D eigenvalue weighted by Crippen LogP contribution is -2.26. The van der Waals surface area contributed by atoms with Gasteiger partial charge in [0, 0.05) is 0 Å². The summed E-state index contributed by atoms with van der Waals surface area (Å²) in [5.41, 5.74) is 1.89. The normalized spacial score (nSPS) is 10.8. The molecule has 0 saturated carbocycles. The molecule has 0 bridgehead atoms. The average molecular weight is 467 g/mol. The van der Waals surface area contributed by atoms with Crippen LogP contribution in [0.2, 0.25) is 0 Å². The number of unbranched alkanes of at least 4 members (excludes halogenated alkanes) is 10. The largest absolute Gasteiger partial charge is 0.423 e. The zero-order valence-corrected chi connectivity index (χ0v) is 21.2. The van der Waals surface area contributed by atoms with Gasteiger partial charge in [0.2, 0.25) is 0 Å². The number of hydrogen-bond acceptors (Lipinski definition) is 4. The molecule has 2 rings (SSSR count). The summed E-state index contributed by atoms with van der Waals surface area (Å²) in [7, 11) is 0. The Morgan fingerprint density at radius 1 is 0.529 bits per heavy atom. The van der Waals surface area contributed by atoms with Gasteiger partial charge in [0.05, 0.1) is 0 Å². The van der Waals surface area contributed by atoms with Gasteiger partial charge in [0.1, 0.15) is 11.5 Å². The molecule has 0 fully saturated rings. The first-order valence-corrected chi connectivity index (χ1v) is 13.3. The van der Waals surface area contributed by atoms with E-state index in [1.54, 1.807) is 12.1 Å². The van der Waals surface area contributed by atoms with Crippen molar-refractivity contribution in [1.29, 1.82) is 0 Å². The molecule has 0 radical (unpaired) electrons. The van der Waals surface area contributed by atoms with E-state index in [1.807, 2.05) is 36.4 Å². The van der Waals surface area contributed by atoms with Crippen LogP contribution in [0, 0.1) is 0 Å². The Morgan fingerprint density at radius 3 is 1.29 bits per heavy atom. The van der Waals surface area contributed by atoms with Crippen LogP contribution in [-0.2, 0) is 22.4 Å². The zero-order chi connectivity index (χ0) is 24.4. The summed E-state index contributed by atoms with van der Waals surface area (Å²) < 4.78 is 10.9. The van der Waals surface area contributed by atoms with E-state index in [1.165, 1.54) is 51.4 Å². The number of para-hydroxylation sites is 2. The first kappa shape index (κ1) is 27.6. The molecule has 0 aliphatic carbocycles. The molecule has 0 unspecified atom stereocenters. The predicted octanol–water partition coefficient (Wildman–Crippen LogP) is 8.00. The maximum absolute atomic E-state index is 12.5. The first-order chi connectivity index (χ1) is 16.7. The monoisotopic (exact) mass is 466 g/mol. The van der Waals surface area contributed by atoms with Crippen molar-refractivity contribution in [2.24, 2.45) is 0 Å². The maximum Gasteiger partial charge on any atom is 0.423 e. The maximum atomic E-state index is 12.5. The summed E-state index contributed by atoms with van der Waals surface area (Å²) in [4.78, 5) is 25.0. The summed E-state index contributed by atoms with van der Waals surface area (Å²) in [6, 6.07) is 14.9. The molecular formula is C30H42O4. The predicted molar refractivity (Wildman–Crippen MR) is 138 cm³/mol. The minimum atomic E-state index is -0.982. The Bertz CT molecular complexity index is 787. The second kappa shape index (κ2) is 16.9. The lowest BCUT2D eigenvalue weighted by Gasteiger charge is -2.11. The van der Waals surface area contributed by atoms with Gasteiger partial charge in [-0.3, -0.25) is 0 Å². The van der Waals surface area contributed by atoms with Crippen molar-refractivity contribution >= 4 is 11.9 Å². The Labute approximate surface area is 206 Å². The van der Waals surface area contributed by atoms with Crippen molar-refractivity contribution in [2.45, 2.75) is 104 Å². The van der Waals surface area contributed by atoms with Crippen LogP contribution >= 0.6 is 0 Å². The Morgan fingerprint density at radius 2 is 0.882 bits per heavy atom. The number of carbonyl (C=O) groups is 2. The van der Waals surface area contributed by atoms with E-state index in [4.69, 9.17) is 9.47 Å². The number of ether oxygens (including phenoxy) is 2. The van der Waals surface area contributed by atoms with Crippen LogP contribution in [0.5, 0.6) is 11.5 Å². The molecule has 2 aromatic carbocycles. The fourth-order valence-corrected chi connectivity index (χ4v) is 4.09. The molecule has 0 aliphatic heterocycles. The summed E-state index contributed by atoms with van der Waals surface area (Å²) >= 11 is 0. The van der Waals surface area contributed by atoms with E-state index in [9.17, 15) is 9.59 Å². The highest BCUT2D eigenvalue weighted by molar-refractivity contribution is 6.31. The van der Waals surface area contributed by atoms with Gasteiger partial charge >= 0.3 is 11.9 Å². The quantitative estimate of drug-likeness (QED) is 0.109. The van der Waals surface area contributed by atoms with E-state index in [-0.39, 0.29) is 0 Å². The molecule has 0 saturated heterocycles. The summed E-state index contributed by atoms with van der Waals surface area (Å²) in [5.74, 6) is -1.08. The first-order valence-electron chi connectivity index (χ1n) is 13.3. The van der Waals surface area contributed by atoms with Crippen molar-refractivity contribution in [3.63, 3.8) is 0 Å². The second-order valence-electron chi connectivity index (χ2n) is 9.03. The van der Waals surface area contributed by atoms with Crippen LogP contribution in [0.1, 0.15) is 102 Å². The fraction of sp³-hybridized carbons (Fsp3) is 0.533. The van der Waals surface area contributed by atoms with Gasteiger partial charge in [-0.1, -0.05) is 114 Å². The lowest BCUT2D eigenvalue weighted by atomic mass is 10.0. The molecule has 34 heavy (non-hydrogen) atoms. The molecule has 0 atom stereocenters. The lowest BCUT2D eigenvalue weighted by molar-refractivity contribution is -0.156. The van der Waals surface area contributed by atoms with E-state index in [0.717, 1.165) is 49.7 Å². The van der Waals surface area contributed by atoms with Gasteiger partial charge in [-0.15, -0.1) is 0 Å². The SMILES string of the molecule is CCCCCCCCc1ccccc1OC(=O)C(=O)Oc1ccccc1CCCCCCCC. The molecule has 0 aliphatic rings. The average Bonchev–Trinajstić information content (AvgIpc) is 2.85. The number of hydrogen-bond donors (Lipinski definition) is 0. The molecule has 4 nitrogen and oxygen atoms in total. The van der Waals surface area contributed by atoms with Crippen molar-refractivity contribution in [3.8, 4) is 11.5 Å². The Balaban J connectivity index is 1.86. The third-order valence-corrected chi connectivity index (χ3v) is 6.12. The van der Waals surface area contributed by atoms with Gasteiger partial charge < -0.3 is 9.47 Å². The molecule has 2 aromatic rings. The van der Waals surface area contributed by atoms with Crippen LogP contribution in [0.4, 0.5) is 0 Å². The minimum Gasteiger partial charge on any atom is -0.418 e. The van der Waals surface area contributed by atoms with E-state index >= 15 is 0 Å². The highest BCUT2D eigenvalue weighted by Gasteiger charge is 2.21. The van der Waals surface area contributed by atoms with Crippen LogP contribution in [0.3, 0.4) is 0 Å². The van der Waals surface area contributed by atoms with Crippen LogP contribution in [0.25, 0.3) is 0 Å². The molecule has 0 aromatic heterocycles. The van der Waals surface area contributed by atoms with E-state index in [2.05, 4.69) is 13.8 Å². The van der Waals surface area contributed by atoms with Gasteiger partial charge in [0.15, 0.2) is 0 Å². The van der Waals surface area contributed by atoms with Gasteiger partial charge in [-0.2, -0.15) is 0 Å². The van der Waals surface area contributed by atoms with Crippen molar-refractivity contribution < 1.29 is 19.1 Å². The molecule has 0 amide bonds.